The normalized spacial score (nSPS) is 11.2. The lowest BCUT2D eigenvalue weighted by Crippen LogP contribution is -2.41. The number of halogens is 6. The Morgan fingerprint density at radius 2 is 1.12 bits per heavy atom. The highest BCUT2D eigenvalue weighted by molar-refractivity contribution is 7.95. The van der Waals surface area contributed by atoms with Crippen LogP contribution in [0.5, 0.6) is 0 Å². The summed E-state index contributed by atoms with van der Waals surface area (Å²) < 4.78 is 73.4. The van der Waals surface area contributed by atoms with Gasteiger partial charge in [0.05, 0.1) is 12.1 Å². The molecule has 25 heavy (non-hydrogen) atoms. The molecule has 0 bridgehead atoms. The second-order valence-electron chi connectivity index (χ2n) is 3.67. The summed E-state index contributed by atoms with van der Waals surface area (Å²) in [7, 11) is 1.95. The van der Waals surface area contributed by atoms with E-state index in [0.717, 1.165) is 14.1 Å². The number of nitrogens with one attached hydrogen (secondary N) is 2. The minimum Gasteiger partial charge on any atom is -0.323 e. The van der Waals surface area contributed by atoms with Gasteiger partial charge in [-0.15, -0.1) is 0 Å². The van der Waals surface area contributed by atoms with Crippen LogP contribution in [0.15, 0.2) is 0 Å². The molecule has 0 saturated carbocycles. The first kappa shape index (κ1) is 23.2. The van der Waals surface area contributed by atoms with E-state index in [0.29, 0.717) is 8.61 Å². The van der Waals surface area contributed by atoms with Gasteiger partial charge in [-0.25, -0.2) is 29.2 Å². The van der Waals surface area contributed by atoms with Gasteiger partial charge in [0.25, 0.3) is 0 Å². The molecule has 0 rings (SSSR count). The van der Waals surface area contributed by atoms with Gasteiger partial charge in [-0.3, -0.25) is 0 Å². The molecule has 0 aliphatic carbocycles. The maximum absolute atomic E-state index is 12.1. The molecule has 0 spiro atoms. The molecule has 0 aromatic heterocycles. The second-order valence-corrected chi connectivity index (χ2v) is 5.75. The third-order valence-electron chi connectivity index (χ3n) is 1.74. The fourth-order valence-electron chi connectivity index (χ4n) is 0.675. The minimum absolute atomic E-state index is 0.223. The number of amides is 2. The topological polar surface area (TPSA) is 83.1 Å². The zero-order valence-electron chi connectivity index (χ0n) is 12.0. The number of thiocarbonyl (C=S) groups is 2. The monoisotopic (exact) mass is 434 g/mol. The molecule has 8 nitrogen and oxygen atoms in total. The predicted molar refractivity (Wildman–Crippen MR) is 79.7 cm³/mol. The SMILES string of the molecule is CN(SN(C)C(=O)ONC(=S)C(F)(F)F)C(=O)ONC(=S)C(F)(F)F. The first-order chi connectivity index (χ1) is 11.2. The Morgan fingerprint density at radius 1 is 0.840 bits per heavy atom. The van der Waals surface area contributed by atoms with E-state index in [1.165, 1.54) is 11.0 Å². The Labute approximate surface area is 150 Å². The Balaban J connectivity index is 4.37. The fraction of sp³-hybridized carbons (Fsp3) is 0.500. The number of rotatable bonds is 2. The molecule has 0 aromatic rings. The van der Waals surface area contributed by atoms with Crippen molar-refractivity contribution in [3.05, 3.63) is 0 Å². The zero-order chi connectivity index (χ0) is 20.0. The van der Waals surface area contributed by atoms with Crippen LogP contribution < -0.4 is 11.0 Å². The standard InChI is InChI=1S/C8H8F6N4O4S3/c1-17(5(19)21-15-3(23)7(9,10)11)25-18(2)6(20)22-16-4(24)8(12,13)14/h1-2H3,(H,15,23)(H,16,24). The van der Waals surface area contributed by atoms with Crippen LogP contribution in [0, 0.1) is 0 Å². The largest absolute Gasteiger partial charge is 0.445 e. The Morgan fingerprint density at radius 3 is 1.36 bits per heavy atom. The van der Waals surface area contributed by atoms with Crippen molar-refractivity contribution in [1.29, 1.82) is 0 Å². The summed E-state index contributed by atoms with van der Waals surface area (Å²) in [5.74, 6) is 0. The molecule has 0 fully saturated rings. The first-order valence-corrected chi connectivity index (χ1v) is 7.02. The maximum atomic E-state index is 12.1. The van der Waals surface area contributed by atoms with Gasteiger partial charge in [0, 0.05) is 14.1 Å². The Hall–Kier alpha value is -1.75. The molecule has 0 radical (unpaired) electrons. The molecule has 0 heterocycles. The lowest BCUT2D eigenvalue weighted by atomic mass is 10.7. The van der Waals surface area contributed by atoms with Crippen molar-refractivity contribution in [2.45, 2.75) is 12.4 Å². The van der Waals surface area contributed by atoms with Gasteiger partial charge in [-0.05, 0) is 0 Å². The quantitative estimate of drug-likeness (QED) is 0.295. The number of nitrogens with zero attached hydrogens (tertiary/aromatic N) is 2. The van der Waals surface area contributed by atoms with Gasteiger partial charge in [0.2, 0.25) is 9.98 Å². The van der Waals surface area contributed by atoms with Gasteiger partial charge in [-0.2, -0.15) is 26.3 Å². The van der Waals surface area contributed by atoms with Gasteiger partial charge >= 0.3 is 24.5 Å². The average Bonchev–Trinajstić information content (AvgIpc) is 2.46. The molecule has 0 unspecified atom stereocenters. The van der Waals surface area contributed by atoms with Gasteiger partial charge < -0.3 is 9.68 Å². The van der Waals surface area contributed by atoms with Crippen molar-refractivity contribution in [2.75, 3.05) is 14.1 Å². The number of carbonyl (C=O) groups is 2. The lowest BCUT2D eigenvalue weighted by Gasteiger charge is -2.21. The van der Waals surface area contributed by atoms with E-state index in [9.17, 15) is 35.9 Å². The fourth-order valence-corrected chi connectivity index (χ4v) is 1.33. The molecular formula is C8H8F6N4O4S3. The van der Waals surface area contributed by atoms with Crippen molar-refractivity contribution in [3.8, 4) is 0 Å². The van der Waals surface area contributed by atoms with Crippen LogP contribution in [0.3, 0.4) is 0 Å². The highest BCUT2D eigenvalue weighted by Gasteiger charge is 2.36. The van der Waals surface area contributed by atoms with Crippen LogP contribution in [0.25, 0.3) is 0 Å². The second kappa shape index (κ2) is 9.09. The van der Waals surface area contributed by atoms with E-state index in [1.54, 1.807) is 0 Å². The summed E-state index contributed by atoms with van der Waals surface area (Å²) in [4.78, 5) is 27.3. The summed E-state index contributed by atoms with van der Waals surface area (Å²) in [6.07, 6.45) is -12.7. The third-order valence-corrected chi connectivity index (χ3v) is 3.15. The average molecular weight is 434 g/mol. The molecule has 17 heteroatoms. The maximum Gasteiger partial charge on any atom is 0.445 e. The van der Waals surface area contributed by atoms with Crippen LogP contribution in [-0.2, 0) is 9.68 Å². The van der Waals surface area contributed by atoms with E-state index in [-0.39, 0.29) is 12.1 Å². The smallest absolute Gasteiger partial charge is 0.323 e. The molecule has 144 valence electrons. The van der Waals surface area contributed by atoms with Crippen LogP contribution in [0.4, 0.5) is 35.9 Å². The summed E-state index contributed by atoms with van der Waals surface area (Å²) in [6.45, 7) is 0. The molecule has 0 atom stereocenters. The number of hydrogen-bond donors (Lipinski definition) is 2. The van der Waals surface area contributed by atoms with Crippen molar-refractivity contribution in [3.63, 3.8) is 0 Å². The highest BCUT2D eigenvalue weighted by Crippen LogP contribution is 2.18. The molecule has 0 aliphatic heterocycles. The number of alkyl halides is 6. The van der Waals surface area contributed by atoms with E-state index in [4.69, 9.17) is 0 Å². The highest BCUT2D eigenvalue weighted by atomic mass is 32.2. The van der Waals surface area contributed by atoms with E-state index < -0.39 is 34.5 Å². The van der Waals surface area contributed by atoms with E-state index in [2.05, 4.69) is 34.1 Å². The van der Waals surface area contributed by atoms with Gasteiger partial charge in [0.1, 0.15) is 0 Å². The summed E-state index contributed by atoms with van der Waals surface area (Å²) in [5, 5.41) is 0. The van der Waals surface area contributed by atoms with E-state index >= 15 is 0 Å². The van der Waals surface area contributed by atoms with Crippen LogP contribution in [0.1, 0.15) is 0 Å². The molecular weight excluding hydrogens is 426 g/mol. The number of carbonyl (C=O) groups excluding carboxylic acids is 2. The van der Waals surface area contributed by atoms with Crippen molar-refractivity contribution < 1.29 is 45.6 Å². The van der Waals surface area contributed by atoms with Gasteiger partial charge in [-0.1, -0.05) is 24.4 Å². The summed E-state index contributed by atoms with van der Waals surface area (Å²) in [6, 6.07) is 0. The molecule has 0 aliphatic rings. The van der Waals surface area contributed by atoms with Crippen LogP contribution in [-0.4, -0.2) is 57.2 Å². The molecule has 0 saturated heterocycles. The summed E-state index contributed by atoms with van der Waals surface area (Å²) >= 11 is 7.98. The summed E-state index contributed by atoms with van der Waals surface area (Å²) in [5.41, 5.74) is 2.35. The molecule has 2 N–H and O–H groups in total. The molecule has 2 amide bonds. The Bertz CT molecular complexity index is 497. The molecule has 0 aromatic carbocycles. The van der Waals surface area contributed by atoms with Crippen LogP contribution >= 0.6 is 36.6 Å². The Kier molecular flexibility index (Phi) is 8.45. The van der Waals surface area contributed by atoms with Gasteiger partial charge in [0.15, 0.2) is 0 Å². The number of hydroxylamine groups is 2. The van der Waals surface area contributed by atoms with Crippen molar-refractivity contribution in [2.24, 2.45) is 0 Å². The van der Waals surface area contributed by atoms with Crippen molar-refractivity contribution in [1.82, 2.24) is 19.6 Å². The van der Waals surface area contributed by atoms with Crippen LogP contribution in [0.2, 0.25) is 0 Å². The van der Waals surface area contributed by atoms with E-state index in [1.807, 2.05) is 0 Å². The van der Waals surface area contributed by atoms with Crippen molar-refractivity contribution >= 4 is 58.7 Å². The lowest BCUT2D eigenvalue weighted by molar-refractivity contribution is -0.0665. The first-order valence-electron chi connectivity index (χ1n) is 5.47. The predicted octanol–water partition coefficient (Wildman–Crippen LogP) is 2.48. The number of hydrogen-bond acceptors (Lipinski definition) is 7. The third kappa shape index (κ3) is 8.77. The zero-order valence-corrected chi connectivity index (χ0v) is 14.5. The minimum atomic E-state index is -4.93.